The minimum Gasteiger partial charge on any atom is -0.384 e. The first-order chi connectivity index (χ1) is 10.0. The summed E-state index contributed by atoms with van der Waals surface area (Å²) in [5.41, 5.74) is 1.36. The lowest BCUT2D eigenvalue weighted by molar-refractivity contribution is -0.115. The van der Waals surface area contributed by atoms with Crippen molar-refractivity contribution >= 4 is 40.5 Å². The van der Waals surface area contributed by atoms with Gasteiger partial charge < -0.3 is 10.6 Å². The summed E-state index contributed by atoms with van der Waals surface area (Å²) in [6, 6.07) is 11.2. The molecule has 0 atom stereocenters. The predicted octanol–water partition coefficient (Wildman–Crippen LogP) is 4.57. The second-order valence-electron chi connectivity index (χ2n) is 4.36. The lowest BCUT2D eigenvalue weighted by Gasteiger charge is -2.08. The van der Waals surface area contributed by atoms with Crippen LogP contribution >= 0.6 is 23.2 Å². The summed E-state index contributed by atoms with van der Waals surface area (Å²) < 4.78 is 13.0. The number of anilines is 2. The first kappa shape index (κ1) is 15.6. The Hall–Kier alpha value is -1.78. The fourth-order valence-corrected chi connectivity index (χ4v) is 1.99. The van der Waals surface area contributed by atoms with E-state index in [9.17, 15) is 9.18 Å². The quantitative estimate of drug-likeness (QED) is 0.844. The minimum absolute atomic E-state index is 0.0469. The van der Waals surface area contributed by atoms with Crippen LogP contribution in [0.15, 0.2) is 42.5 Å². The summed E-state index contributed by atoms with van der Waals surface area (Å²) >= 11 is 11.4. The van der Waals surface area contributed by atoms with Gasteiger partial charge in [0.05, 0.1) is 5.02 Å². The molecule has 0 saturated carbocycles. The minimum atomic E-state index is -0.470. The molecule has 21 heavy (non-hydrogen) atoms. The number of hydrogen-bond donors (Lipinski definition) is 2. The average Bonchev–Trinajstić information content (AvgIpc) is 2.45. The lowest BCUT2D eigenvalue weighted by atomic mass is 10.3. The first-order valence-electron chi connectivity index (χ1n) is 6.29. The topological polar surface area (TPSA) is 41.1 Å². The Labute approximate surface area is 132 Å². The third-order valence-electron chi connectivity index (χ3n) is 2.73. The number of hydrogen-bond acceptors (Lipinski definition) is 2. The summed E-state index contributed by atoms with van der Waals surface area (Å²) in [4.78, 5) is 11.7. The Morgan fingerprint density at radius 3 is 2.38 bits per heavy atom. The van der Waals surface area contributed by atoms with E-state index in [1.807, 2.05) is 0 Å². The molecule has 2 aromatic carbocycles. The van der Waals surface area contributed by atoms with Gasteiger partial charge in [-0.1, -0.05) is 23.2 Å². The zero-order valence-corrected chi connectivity index (χ0v) is 12.5. The van der Waals surface area contributed by atoms with Crippen molar-refractivity contribution in [2.24, 2.45) is 0 Å². The van der Waals surface area contributed by atoms with Crippen LogP contribution in [-0.4, -0.2) is 12.5 Å². The number of benzene rings is 2. The van der Waals surface area contributed by atoms with E-state index in [2.05, 4.69) is 10.6 Å². The van der Waals surface area contributed by atoms with E-state index in [4.69, 9.17) is 23.2 Å². The molecule has 0 heterocycles. The zero-order chi connectivity index (χ0) is 15.2. The van der Waals surface area contributed by atoms with Crippen LogP contribution in [-0.2, 0) is 4.79 Å². The number of carbonyl (C=O) groups is 1. The highest BCUT2D eigenvalue weighted by molar-refractivity contribution is 6.31. The van der Waals surface area contributed by atoms with Gasteiger partial charge in [0.2, 0.25) is 5.91 Å². The van der Waals surface area contributed by atoms with Crippen LogP contribution in [0.2, 0.25) is 10.0 Å². The van der Waals surface area contributed by atoms with Gasteiger partial charge in [0.15, 0.2) is 0 Å². The molecular formula is C15H13Cl2FN2O. The molecule has 0 aromatic heterocycles. The maximum Gasteiger partial charge on any atom is 0.226 e. The molecule has 6 heteroatoms. The molecule has 0 aliphatic rings. The average molecular weight is 327 g/mol. The molecule has 0 radical (unpaired) electrons. The summed E-state index contributed by atoms with van der Waals surface area (Å²) in [6.07, 6.45) is 0.275. The SMILES string of the molecule is O=C(CCNc1ccc(F)c(Cl)c1)Nc1ccc(Cl)cc1. The predicted molar refractivity (Wildman–Crippen MR) is 84.6 cm³/mol. The van der Waals surface area contributed by atoms with Crippen molar-refractivity contribution in [3.63, 3.8) is 0 Å². The first-order valence-corrected chi connectivity index (χ1v) is 7.04. The second kappa shape index (κ2) is 7.29. The summed E-state index contributed by atoms with van der Waals surface area (Å²) in [6.45, 7) is 0.418. The van der Waals surface area contributed by atoms with Gasteiger partial charge in [0.1, 0.15) is 5.82 Å². The van der Waals surface area contributed by atoms with E-state index in [1.165, 1.54) is 12.1 Å². The standard InChI is InChI=1S/C15H13Cl2FN2O/c16-10-1-3-11(4-2-10)20-15(21)7-8-19-12-5-6-14(18)13(17)9-12/h1-6,9,19H,7-8H2,(H,20,21). The lowest BCUT2D eigenvalue weighted by Crippen LogP contribution is -2.16. The van der Waals surface area contributed by atoms with E-state index in [1.54, 1.807) is 30.3 Å². The number of amides is 1. The maximum atomic E-state index is 13.0. The van der Waals surface area contributed by atoms with Gasteiger partial charge >= 0.3 is 0 Å². The number of rotatable bonds is 5. The molecule has 110 valence electrons. The van der Waals surface area contributed by atoms with Crippen LogP contribution in [0.5, 0.6) is 0 Å². The fraction of sp³-hybridized carbons (Fsp3) is 0.133. The van der Waals surface area contributed by atoms with Crippen LogP contribution in [0.25, 0.3) is 0 Å². The van der Waals surface area contributed by atoms with Gasteiger partial charge in [-0.3, -0.25) is 4.79 Å². The maximum absolute atomic E-state index is 13.0. The van der Waals surface area contributed by atoms with E-state index in [0.717, 1.165) is 0 Å². The van der Waals surface area contributed by atoms with Gasteiger partial charge in [0.25, 0.3) is 0 Å². The molecule has 3 nitrogen and oxygen atoms in total. The molecule has 2 N–H and O–H groups in total. The van der Waals surface area contributed by atoms with E-state index < -0.39 is 5.82 Å². The third-order valence-corrected chi connectivity index (χ3v) is 3.27. The van der Waals surface area contributed by atoms with Crippen molar-refractivity contribution in [1.82, 2.24) is 0 Å². The molecule has 0 fully saturated rings. The monoisotopic (exact) mass is 326 g/mol. The van der Waals surface area contributed by atoms with Crippen LogP contribution < -0.4 is 10.6 Å². The van der Waals surface area contributed by atoms with Crippen LogP contribution in [0.4, 0.5) is 15.8 Å². The molecule has 2 rings (SSSR count). The van der Waals surface area contributed by atoms with Crippen LogP contribution in [0.1, 0.15) is 6.42 Å². The number of carbonyl (C=O) groups excluding carboxylic acids is 1. The molecule has 1 amide bonds. The Kier molecular flexibility index (Phi) is 5.42. The molecule has 0 spiro atoms. The normalized spacial score (nSPS) is 10.2. The van der Waals surface area contributed by atoms with Crippen molar-refractivity contribution in [2.75, 3.05) is 17.2 Å². The molecular weight excluding hydrogens is 314 g/mol. The van der Waals surface area contributed by atoms with E-state index >= 15 is 0 Å². The summed E-state index contributed by atoms with van der Waals surface area (Å²) in [7, 11) is 0. The summed E-state index contributed by atoms with van der Waals surface area (Å²) in [5.74, 6) is -0.597. The van der Waals surface area contributed by atoms with Crippen LogP contribution in [0.3, 0.4) is 0 Å². The van der Waals surface area contributed by atoms with Gasteiger partial charge in [-0.25, -0.2) is 4.39 Å². The second-order valence-corrected chi connectivity index (χ2v) is 5.20. The Morgan fingerprint density at radius 2 is 1.71 bits per heavy atom. The number of nitrogens with one attached hydrogen (secondary N) is 2. The largest absolute Gasteiger partial charge is 0.384 e. The Balaban J connectivity index is 1.78. The zero-order valence-electron chi connectivity index (χ0n) is 11.0. The molecule has 0 bridgehead atoms. The molecule has 0 aliphatic heterocycles. The Morgan fingerprint density at radius 1 is 1.05 bits per heavy atom. The smallest absolute Gasteiger partial charge is 0.226 e. The van der Waals surface area contributed by atoms with E-state index in [-0.39, 0.29) is 17.4 Å². The fourth-order valence-electron chi connectivity index (χ4n) is 1.68. The van der Waals surface area contributed by atoms with Gasteiger partial charge in [0, 0.05) is 29.4 Å². The highest BCUT2D eigenvalue weighted by Gasteiger charge is 2.04. The highest BCUT2D eigenvalue weighted by Crippen LogP contribution is 2.19. The van der Waals surface area contributed by atoms with Crippen molar-refractivity contribution in [3.05, 3.63) is 58.3 Å². The third kappa shape index (κ3) is 4.92. The van der Waals surface area contributed by atoms with Crippen molar-refractivity contribution in [1.29, 1.82) is 0 Å². The van der Waals surface area contributed by atoms with Crippen molar-refractivity contribution in [3.8, 4) is 0 Å². The van der Waals surface area contributed by atoms with Crippen molar-refractivity contribution < 1.29 is 9.18 Å². The molecule has 0 unspecified atom stereocenters. The molecule has 2 aromatic rings. The number of halogens is 3. The Bertz CT molecular complexity index is 632. The van der Waals surface area contributed by atoms with Gasteiger partial charge in [-0.05, 0) is 42.5 Å². The molecule has 0 aliphatic carbocycles. The van der Waals surface area contributed by atoms with Gasteiger partial charge in [-0.15, -0.1) is 0 Å². The van der Waals surface area contributed by atoms with E-state index in [0.29, 0.717) is 22.9 Å². The highest BCUT2D eigenvalue weighted by atomic mass is 35.5. The van der Waals surface area contributed by atoms with Gasteiger partial charge in [-0.2, -0.15) is 0 Å². The van der Waals surface area contributed by atoms with Crippen LogP contribution in [0, 0.1) is 5.82 Å². The summed E-state index contributed by atoms with van der Waals surface area (Å²) in [5, 5.41) is 6.42. The molecule has 0 saturated heterocycles. The van der Waals surface area contributed by atoms with Crippen molar-refractivity contribution in [2.45, 2.75) is 6.42 Å².